The first-order valence-electron chi connectivity index (χ1n) is 10.1. The molecule has 3 aliphatic heterocycles. The van der Waals surface area contributed by atoms with Gasteiger partial charge in [-0.2, -0.15) is 0 Å². The molecular weight excluding hydrogens is 324 g/mol. The van der Waals surface area contributed by atoms with E-state index in [4.69, 9.17) is 0 Å². The van der Waals surface area contributed by atoms with Gasteiger partial charge in [-0.3, -0.25) is 9.69 Å². The van der Waals surface area contributed by atoms with Gasteiger partial charge >= 0.3 is 0 Å². The van der Waals surface area contributed by atoms with Crippen molar-refractivity contribution in [3.63, 3.8) is 0 Å². The smallest absolute Gasteiger partial charge is 0.253 e. The Morgan fingerprint density at radius 2 is 1.69 bits per heavy atom. The number of piperazine rings is 1. The monoisotopic (exact) mass is 356 g/mol. The van der Waals surface area contributed by atoms with Gasteiger partial charge in [-0.25, -0.2) is 0 Å². The number of carbonyl (C=O) groups excluding carboxylic acids is 1. The second kappa shape index (κ2) is 7.67. The van der Waals surface area contributed by atoms with E-state index in [1.807, 2.05) is 24.1 Å². The highest BCUT2D eigenvalue weighted by Gasteiger charge is 2.36. The van der Waals surface area contributed by atoms with Crippen LogP contribution in [0.1, 0.15) is 41.6 Å². The molecule has 2 atom stereocenters. The van der Waals surface area contributed by atoms with Crippen LogP contribution < -0.4 is 5.32 Å². The molecule has 3 fully saturated rings. The van der Waals surface area contributed by atoms with E-state index in [2.05, 4.69) is 34.3 Å². The Hall–Kier alpha value is -1.43. The van der Waals surface area contributed by atoms with Gasteiger partial charge in [0, 0.05) is 63.5 Å². The first kappa shape index (κ1) is 18.0. The minimum Gasteiger partial charge on any atom is -0.339 e. The number of nitrogens with zero attached hydrogens (tertiary/aromatic N) is 3. The standard InChI is InChI=1S/C21H32N4O/c1-23-9-11-25(12-10-23)15-16-3-5-17(6-4-16)21(26)24(2)20-13-18-7-8-19(14-20)22-18/h3-6,18-20,22H,7-15H2,1-2H3. The molecule has 0 aromatic heterocycles. The topological polar surface area (TPSA) is 38.8 Å². The van der Waals surface area contributed by atoms with Crippen LogP contribution in [-0.4, -0.2) is 79.0 Å². The van der Waals surface area contributed by atoms with E-state index in [0.29, 0.717) is 18.1 Å². The molecule has 4 rings (SSSR count). The van der Waals surface area contributed by atoms with Gasteiger partial charge in [0.1, 0.15) is 0 Å². The number of rotatable bonds is 4. The summed E-state index contributed by atoms with van der Waals surface area (Å²) in [5, 5.41) is 3.66. The quantitative estimate of drug-likeness (QED) is 0.893. The summed E-state index contributed by atoms with van der Waals surface area (Å²) in [6.07, 6.45) is 4.73. The van der Waals surface area contributed by atoms with Crippen LogP contribution in [0.25, 0.3) is 0 Å². The minimum atomic E-state index is 0.169. The number of piperidine rings is 1. The van der Waals surface area contributed by atoms with Gasteiger partial charge in [-0.15, -0.1) is 0 Å². The number of amides is 1. The second-order valence-corrected chi connectivity index (χ2v) is 8.46. The predicted octanol–water partition coefficient (Wildman–Crippen LogP) is 1.79. The molecular formula is C21H32N4O. The number of benzene rings is 1. The van der Waals surface area contributed by atoms with E-state index in [-0.39, 0.29) is 5.91 Å². The largest absolute Gasteiger partial charge is 0.339 e. The van der Waals surface area contributed by atoms with E-state index < -0.39 is 0 Å². The summed E-state index contributed by atoms with van der Waals surface area (Å²) in [6, 6.07) is 9.89. The molecule has 5 heteroatoms. The Balaban J connectivity index is 1.34. The fourth-order valence-corrected chi connectivity index (χ4v) is 4.73. The molecule has 5 nitrogen and oxygen atoms in total. The van der Waals surface area contributed by atoms with Crippen LogP contribution in [0.4, 0.5) is 0 Å². The van der Waals surface area contributed by atoms with Crippen molar-refractivity contribution in [1.82, 2.24) is 20.0 Å². The third-order valence-corrected chi connectivity index (χ3v) is 6.52. The van der Waals surface area contributed by atoms with Crippen molar-refractivity contribution >= 4 is 5.91 Å². The number of likely N-dealkylation sites (N-methyl/N-ethyl adjacent to an activating group) is 1. The van der Waals surface area contributed by atoms with E-state index >= 15 is 0 Å². The van der Waals surface area contributed by atoms with Crippen molar-refractivity contribution < 1.29 is 4.79 Å². The summed E-state index contributed by atoms with van der Waals surface area (Å²) in [5.41, 5.74) is 2.12. The number of hydrogen-bond donors (Lipinski definition) is 1. The maximum Gasteiger partial charge on any atom is 0.253 e. The van der Waals surface area contributed by atoms with Gasteiger partial charge in [0.25, 0.3) is 5.91 Å². The molecule has 0 radical (unpaired) electrons. The zero-order valence-corrected chi connectivity index (χ0v) is 16.2. The van der Waals surface area contributed by atoms with Crippen LogP contribution in [0.3, 0.4) is 0 Å². The van der Waals surface area contributed by atoms with Crippen LogP contribution in [0.2, 0.25) is 0 Å². The highest BCUT2D eigenvalue weighted by atomic mass is 16.2. The normalized spacial score (nSPS) is 29.7. The number of carbonyl (C=O) groups is 1. The Morgan fingerprint density at radius 1 is 1.08 bits per heavy atom. The van der Waals surface area contributed by atoms with E-state index in [1.54, 1.807) is 0 Å². The lowest BCUT2D eigenvalue weighted by Gasteiger charge is -2.35. The molecule has 26 heavy (non-hydrogen) atoms. The Morgan fingerprint density at radius 3 is 2.31 bits per heavy atom. The fraction of sp³-hybridized carbons (Fsp3) is 0.667. The van der Waals surface area contributed by atoms with E-state index in [0.717, 1.165) is 51.1 Å². The lowest BCUT2D eigenvalue weighted by atomic mass is 9.98. The lowest BCUT2D eigenvalue weighted by molar-refractivity contribution is 0.0681. The van der Waals surface area contributed by atoms with Crippen LogP contribution in [-0.2, 0) is 6.54 Å². The number of hydrogen-bond acceptors (Lipinski definition) is 4. The summed E-state index contributed by atoms with van der Waals surface area (Å²) in [7, 11) is 4.16. The van der Waals surface area contributed by atoms with Crippen molar-refractivity contribution in [1.29, 1.82) is 0 Å². The average molecular weight is 357 g/mol. The van der Waals surface area contributed by atoms with Crippen molar-refractivity contribution in [3.8, 4) is 0 Å². The molecule has 1 amide bonds. The first-order valence-corrected chi connectivity index (χ1v) is 10.1. The molecule has 0 aliphatic carbocycles. The fourth-order valence-electron chi connectivity index (χ4n) is 4.73. The Bertz CT molecular complexity index is 611. The van der Waals surface area contributed by atoms with Gasteiger partial charge in [-0.1, -0.05) is 12.1 Å². The molecule has 2 bridgehead atoms. The SMILES string of the molecule is CN1CCN(Cc2ccc(C(=O)N(C)C3CC4CCC(C3)N4)cc2)CC1. The molecule has 2 unspecified atom stereocenters. The minimum absolute atomic E-state index is 0.169. The van der Waals surface area contributed by atoms with Crippen molar-refractivity contribution in [2.45, 2.75) is 50.4 Å². The second-order valence-electron chi connectivity index (χ2n) is 8.46. The van der Waals surface area contributed by atoms with Crippen LogP contribution in [0.5, 0.6) is 0 Å². The highest BCUT2D eigenvalue weighted by Crippen LogP contribution is 2.29. The first-order chi connectivity index (χ1) is 12.6. The molecule has 0 saturated carbocycles. The molecule has 1 aromatic carbocycles. The lowest BCUT2D eigenvalue weighted by Crippen LogP contribution is -2.48. The molecule has 142 valence electrons. The molecule has 1 aromatic rings. The molecule has 3 heterocycles. The molecule has 3 saturated heterocycles. The molecule has 0 spiro atoms. The average Bonchev–Trinajstić information content (AvgIpc) is 3.01. The van der Waals surface area contributed by atoms with Crippen molar-refractivity contribution in [2.24, 2.45) is 0 Å². The van der Waals surface area contributed by atoms with E-state index in [1.165, 1.54) is 18.4 Å². The van der Waals surface area contributed by atoms with Crippen molar-refractivity contribution in [2.75, 3.05) is 40.3 Å². The van der Waals surface area contributed by atoms with Crippen molar-refractivity contribution in [3.05, 3.63) is 35.4 Å². The highest BCUT2D eigenvalue weighted by molar-refractivity contribution is 5.94. The van der Waals surface area contributed by atoms with Crippen LogP contribution >= 0.6 is 0 Å². The third-order valence-electron chi connectivity index (χ3n) is 6.52. The zero-order valence-electron chi connectivity index (χ0n) is 16.2. The molecule has 3 aliphatic rings. The van der Waals surface area contributed by atoms with Crippen LogP contribution in [0, 0.1) is 0 Å². The predicted molar refractivity (Wildman–Crippen MR) is 104 cm³/mol. The Kier molecular flexibility index (Phi) is 5.30. The van der Waals surface area contributed by atoms with Gasteiger partial charge < -0.3 is 15.1 Å². The summed E-state index contributed by atoms with van der Waals surface area (Å²) in [4.78, 5) is 19.8. The third kappa shape index (κ3) is 3.95. The summed E-state index contributed by atoms with van der Waals surface area (Å²) >= 11 is 0. The maximum atomic E-state index is 12.9. The van der Waals surface area contributed by atoms with Crippen LogP contribution in [0.15, 0.2) is 24.3 Å². The van der Waals surface area contributed by atoms with Gasteiger partial charge in [0.2, 0.25) is 0 Å². The summed E-state index contributed by atoms with van der Waals surface area (Å²) in [6.45, 7) is 5.50. The zero-order chi connectivity index (χ0) is 18.1. The summed E-state index contributed by atoms with van der Waals surface area (Å²) < 4.78 is 0. The Labute approximate surface area is 157 Å². The van der Waals surface area contributed by atoms with E-state index in [9.17, 15) is 4.79 Å². The van der Waals surface area contributed by atoms with Gasteiger partial charge in [-0.05, 0) is 50.4 Å². The number of fused-ring (bicyclic) bond motifs is 2. The van der Waals surface area contributed by atoms with Gasteiger partial charge in [0.15, 0.2) is 0 Å². The van der Waals surface area contributed by atoms with Gasteiger partial charge in [0.05, 0.1) is 0 Å². The summed E-state index contributed by atoms with van der Waals surface area (Å²) in [5.74, 6) is 0.169. The maximum absolute atomic E-state index is 12.9. The molecule has 1 N–H and O–H groups in total. The number of nitrogens with one attached hydrogen (secondary N) is 1.